The van der Waals surface area contributed by atoms with Crippen molar-refractivity contribution in [2.75, 3.05) is 7.11 Å². The van der Waals surface area contributed by atoms with Gasteiger partial charge in [-0.2, -0.15) is 0 Å². The summed E-state index contributed by atoms with van der Waals surface area (Å²) in [6.45, 7) is 0.423. The van der Waals surface area contributed by atoms with Gasteiger partial charge in [-0.05, 0) is 48.0 Å². The van der Waals surface area contributed by atoms with Crippen molar-refractivity contribution in [3.63, 3.8) is 0 Å². The van der Waals surface area contributed by atoms with Gasteiger partial charge in [-0.3, -0.25) is 0 Å². The molecule has 6 heteroatoms. The van der Waals surface area contributed by atoms with Gasteiger partial charge in [-0.1, -0.05) is 40.2 Å². The average Bonchev–Trinajstić information content (AvgIpc) is 3.22. The van der Waals surface area contributed by atoms with Crippen molar-refractivity contribution in [1.29, 1.82) is 0 Å². The number of hydrogen-bond donors (Lipinski definition) is 0. The third kappa shape index (κ3) is 3.82. The molecule has 5 nitrogen and oxygen atoms in total. The lowest BCUT2D eigenvalue weighted by atomic mass is 10.1. The second-order valence-corrected chi connectivity index (χ2v) is 7.96. The first-order valence-corrected chi connectivity index (χ1v) is 10.4. The Morgan fingerprint density at radius 1 is 0.935 bits per heavy atom. The summed E-state index contributed by atoms with van der Waals surface area (Å²) in [5.74, 6) is 1.86. The van der Waals surface area contributed by atoms with Crippen molar-refractivity contribution < 1.29 is 18.3 Å². The van der Waals surface area contributed by atoms with E-state index in [-0.39, 0.29) is 0 Å². The van der Waals surface area contributed by atoms with E-state index in [4.69, 9.17) is 18.3 Å². The zero-order chi connectivity index (χ0) is 21.4. The molecule has 31 heavy (non-hydrogen) atoms. The zero-order valence-corrected chi connectivity index (χ0v) is 18.1. The Labute approximate surface area is 185 Å². The number of fused-ring (bicyclic) bond motifs is 2. The highest BCUT2D eigenvalue weighted by Gasteiger charge is 2.15. The molecule has 0 saturated carbocycles. The van der Waals surface area contributed by atoms with Crippen molar-refractivity contribution >= 4 is 37.9 Å². The Morgan fingerprint density at radius 3 is 2.58 bits per heavy atom. The van der Waals surface area contributed by atoms with Crippen LogP contribution in [-0.4, -0.2) is 7.11 Å². The minimum absolute atomic E-state index is 0.423. The maximum atomic E-state index is 12.2. The molecule has 0 atom stereocenters. The van der Waals surface area contributed by atoms with E-state index >= 15 is 0 Å². The van der Waals surface area contributed by atoms with Crippen LogP contribution in [0, 0.1) is 0 Å². The Kier molecular flexibility index (Phi) is 5.00. The molecule has 5 aromatic rings. The molecule has 154 valence electrons. The number of hydrogen-bond acceptors (Lipinski definition) is 5. The van der Waals surface area contributed by atoms with Crippen LogP contribution in [0.15, 0.2) is 90.9 Å². The minimum Gasteiger partial charge on any atom is -0.493 e. The van der Waals surface area contributed by atoms with Crippen LogP contribution in [0.4, 0.5) is 0 Å². The number of furan rings is 1. The first kappa shape index (κ1) is 19.5. The molecule has 0 fully saturated rings. The quantitative estimate of drug-likeness (QED) is 0.269. The molecule has 0 aliphatic rings. The average molecular weight is 477 g/mol. The van der Waals surface area contributed by atoms with E-state index in [1.807, 2.05) is 54.6 Å². The van der Waals surface area contributed by atoms with Gasteiger partial charge in [0.1, 0.15) is 23.7 Å². The first-order chi connectivity index (χ1) is 15.1. The summed E-state index contributed by atoms with van der Waals surface area (Å²) in [6, 6.07) is 22.3. The topological polar surface area (TPSA) is 61.8 Å². The van der Waals surface area contributed by atoms with Gasteiger partial charge in [0, 0.05) is 26.9 Å². The molecule has 0 amide bonds. The van der Waals surface area contributed by atoms with Gasteiger partial charge in [0.15, 0.2) is 11.3 Å². The van der Waals surface area contributed by atoms with Gasteiger partial charge < -0.3 is 18.3 Å². The smallest absolute Gasteiger partial charge is 0.336 e. The summed E-state index contributed by atoms with van der Waals surface area (Å²) < 4.78 is 23.8. The largest absolute Gasteiger partial charge is 0.493 e. The maximum Gasteiger partial charge on any atom is 0.336 e. The van der Waals surface area contributed by atoms with Gasteiger partial charge in [-0.25, -0.2) is 4.79 Å². The molecule has 0 bridgehead atoms. The van der Waals surface area contributed by atoms with E-state index in [0.29, 0.717) is 40.6 Å². The molecule has 0 unspecified atom stereocenters. The van der Waals surface area contributed by atoms with Crippen LogP contribution in [0.3, 0.4) is 0 Å². The highest BCUT2D eigenvalue weighted by Crippen LogP contribution is 2.36. The Balaban J connectivity index is 1.57. The molecule has 0 radical (unpaired) electrons. The molecular weight excluding hydrogens is 460 g/mol. The highest BCUT2D eigenvalue weighted by atomic mass is 79.9. The normalized spacial score (nSPS) is 11.2. The number of ether oxygens (including phenoxy) is 2. The van der Waals surface area contributed by atoms with E-state index < -0.39 is 5.63 Å². The van der Waals surface area contributed by atoms with E-state index in [0.717, 1.165) is 20.8 Å². The van der Waals surface area contributed by atoms with Crippen molar-refractivity contribution in [3.05, 3.63) is 93.3 Å². The minimum atomic E-state index is -0.446. The van der Waals surface area contributed by atoms with Crippen LogP contribution in [0.2, 0.25) is 0 Å². The van der Waals surface area contributed by atoms with Crippen LogP contribution in [0.1, 0.15) is 5.56 Å². The zero-order valence-electron chi connectivity index (χ0n) is 16.6. The lowest BCUT2D eigenvalue weighted by Gasteiger charge is -2.09. The summed E-state index contributed by atoms with van der Waals surface area (Å²) in [6.07, 6.45) is 0. The summed E-state index contributed by atoms with van der Waals surface area (Å²) in [4.78, 5) is 12.2. The highest BCUT2D eigenvalue weighted by molar-refractivity contribution is 9.10. The molecule has 0 saturated heterocycles. The fraction of sp³-hybridized carbons (Fsp3) is 0.0800. The SMILES string of the molecule is COc1cccc2cc(-c3cc(=O)oc4ccc(OCc5ccc(Br)cc5)cc34)oc12. The van der Waals surface area contributed by atoms with Crippen LogP contribution in [-0.2, 0) is 6.61 Å². The van der Waals surface area contributed by atoms with Crippen molar-refractivity contribution in [2.24, 2.45) is 0 Å². The predicted molar refractivity (Wildman–Crippen MR) is 123 cm³/mol. The van der Waals surface area contributed by atoms with Crippen LogP contribution < -0.4 is 15.1 Å². The van der Waals surface area contributed by atoms with Gasteiger partial charge in [0.2, 0.25) is 0 Å². The van der Waals surface area contributed by atoms with E-state index in [9.17, 15) is 4.79 Å². The number of benzene rings is 3. The second-order valence-electron chi connectivity index (χ2n) is 7.04. The lowest BCUT2D eigenvalue weighted by molar-refractivity contribution is 0.306. The third-order valence-corrected chi connectivity index (χ3v) is 5.55. The number of methoxy groups -OCH3 is 1. The van der Waals surface area contributed by atoms with Crippen molar-refractivity contribution in [2.45, 2.75) is 6.61 Å². The standard InChI is InChI=1S/C25H17BrO5/c1-28-22-4-2-3-16-11-23(31-25(16)22)20-13-24(27)30-21-10-9-18(12-19(20)21)29-14-15-5-7-17(26)8-6-15/h2-13H,14H2,1H3. The number of rotatable bonds is 5. The summed E-state index contributed by atoms with van der Waals surface area (Å²) in [7, 11) is 1.60. The molecule has 0 spiro atoms. The van der Waals surface area contributed by atoms with Crippen LogP contribution in [0.25, 0.3) is 33.3 Å². The monoisotopic (exact) mass is 476 g/mol. The van der Waals surface area contributed by atoms with E-state index in [2.05, 4.69) is 15.9 Å². The van der Waals surface area contributed by atoms with Crippen LogP contribution >= 0.6 is 15.9 Å². The first-order valence-electron chi connectivity index (χ1n) is 9.63. The Hall–Kier alpha value is -3.51. The molecule has 2 aromatic heterocycles. The Morgan fingerprint density at radius 2 is 1.77 bits per heavy atom. The number of halogens is 1. The molecule has 2 heterocycles. The summed E-state index contributed by atoms with van der Waals surface area (Å²) >= 11 is 3.43. The predicted octanol–water partition coefficient (Wildman–Crippen LogP) is 6.56. The second kappa shape index (κ2) is 7.96. The van der Waals surface area contributed by atoms with Gasteiger partial charge in [-0.15, -0.1) is 0 Å². The number of para-hydroxylation sites is 1. The molecule has 0 N–H and O–H groups in total. The van der Waals surface area contributed by atoms with E-state index in [1.54, 1.807) is 19.2 Å². The summed E-state index contributed by atoms with van der Waals surface area (Å²) in [5, 5.41) is 1.62. The van der Waals surface area contributed by atoms with Crippen molar-refractivity contribution in [1.82, 2.24) is 0 Å². The van der Waals surface area contributed by atoms with Gasteiger partial charge >= 0.3 is 5.63 Å². The molecule has 5 rings (SSSR count). The maximum absolute atomic E-state index is 12.2. The van der Waals surface area contributed by atoms with Crippen LogP contribution in [0.5, 0.6) is 11.5 Å². The lowest BCUT2D eigenvalue weighted by Crippen LogP contribution is -1.99. The van der Waals surface area contributed by atoms with Gasteiger partial charge in [0.05, 0.1) is 7.11 Å². The third-order valence-electron chi connectivity index (χ3n) is 5.03. The molecule has 0 aliphatic heterocycles. The molecular formula is C25H17BrO5. The fourth-order valence-corrected chi connectivity index (χ4v) is 3.78. The molecule has 3 aromatic carbocycles. The van der Waals surface area contributed by atoms with Crippen molar-refractivity contribution in [3.8, 4) is 22.8 Å². The Bertz CT molecular complexity index is 1450. The van der Waals surface area contributed by atoms with E-state index in [1.165, 1.54) is 6.07 Å². The fourth-order valence-electron chi connectivity index (χ4n) is 3.51. The molecule has 0 aliphatic carbocycles. The summed E-state index contributed by atoms with van der Waals surface area (Å²) in [5.41, 5.74) is 2.33. The van der Waals surface area contributed by atoms with Gasteiger partial charge in [0.25, 0.3) is 0 Å².